The van der Waals surface area contributed by atoms with Gasteiger partial charge in [0.05, 0.1) is 26.4 Å². The number of aliphatic hydroxyl groups excluding tert-OH is 4. The monoisotopic (exact) mass is 310 g/mol. The molecule has 0 amide bonds. The van der Waals surface area contributed by atoms with Gasteiger partial charge >= 0.3 is 11.9 Å². The summed E-state index contributed by atoms with van der Waals surface area (Å²) in [7, 11) is 0. The van der Waals surface area contributed by atoms with Gasteiger partial charge in [-0.2, -0.15) is 0 Å². The molecule has 0 spiro atoms. The van der Waals surface area contributed by atoms with Crippen LogP contribution in [0.4, 0.5) is 0 Å². The Kier molecular flexibility index (Phi) is 11.7. The van der Waals surface area contributed by atoms with Crippen LogP contribution in [-0.2, 0) is 23.8 Å². The molecule has 0 aromatic carbocycles. The molecule has 0 bridgehead atoms. The van der Waals surface area contributed by atoms with Crippen LogP contribution < -0.4 is 0 Å². The summed E-state index contributed by atoms with van der Waals surface area (Å²) in [5, 5.41) is 35.2. The number of carbonyl (C=O) groups is 2. The van der Waals surface area contributed by atoms with Crippen LogP contribution in [0.25, 0.3) is 0 Å². The average molecular weight is 310 g/mol. The van der Waals surface area contributed by atoms with Gasteiger partial charge in [-0.1, -0.05) is 0 Å². The Bertz CT molecular complexity index is 294. The second kappa shape index (κ2) is 12.5. The van der Waals surface area contributed by atoms with Gasteiger partial charge in [-0.25, -0.2) is 9.59 Å². The van der Waals surface area contributed by atoms with E-state index >= 15 is 0 Å². The van der Waals surface area contributed by atoms with Crippen molar-refractivity contribution in [2.24, 2.45) is 0 Å². The van der Waals surface area contributed by atoms with Crippen LogP contribution in [0.3, 0.4) is 0 Å². The lowest BCUT2D eigenvalue weighted by atomic mass is 10.1. The number of rotatable bonds is 12. The lowest BCUT2D eigenvalue weighted by molar-refractivity contribution is -0.162. The first-order chi connectivity index (χ1) is 10.1. The van der Waals surface area contributed by atoms with Crippen LogP contribution >= 0.6 is 0 Å². The van der Waals surface area contributed by atoms with Crippen molar-refractivity contribution in [2.75, 3.05) is 39.6 Å². The maximum Gasteiger partial charge on any atom is 0.335 e. The van der Waals surface area contributed by atoms with Gasteiger partial charge in [0.25, 0.3) is 0 Å². The van der Waals surface area contributed by atoms with Crippen molar-refractivity contribution in [1.29, 1.82) is 0 Å². The molecule has 0 saturated heterocycles. The Morgan fingerprint density at radius 1 is 0.810 bits per heavy atom. The van der Waals surface area contributed by atoms with E-state index in [0.29, 0.717) is 0 Å². The van der Waals surface area contributed by atoms with E-state index in [0.717, 1.165) is 0 Å². The zero-order chi connectivity index (χ0) is 16.1. The van der Waals surface area contributed by atoms with Gasteiger partial charge < -0.3 is 34.6 Å². The highest BCUT2D eigenvalue weighted by Gasteiger charge is 2.24. The van der Waals surface area contributed by atoms with Crippen molar-refractivity contribution < 1.29 is 44.2 Å². The highest BCUT2D eigenvalue weighted by atomic mass is 16.6. The minimum absolute atomic E-state index is 0.0281. The molecule has 4 N–H and O–H groups in total. The predicted octanol–water partition coefficient (Wildman–Crippen LogP) is -2.42. The quantitative estimate of drug-likeness (QED) is 0.289. The Hall–Kier alpha value is -1.26. The molecular weight excluding hydrogens is 288 g/mol. The molecular formula is C12H22O9. The summed E-state index contributed by atoms with van der Waals surface area (Å²) in [6.07, 6.45) is -2.67. The lowest BCUT2D eigenvalue weighted by Crippen LogP contribution is -2.32. The van der Waals surface area contributed by atoms with Gasteiger partial charge in [0.1, 0.15) is 13.2 Å². The SMILES string of the molecule is O=C(OCCO)[C@H](O)CC[C@H](OCCO)C(=O)OCCO. The molecule has 0 aromatic rings. The molecule has 0 rings (SSSR count). The zero-order valence-electron chi connectivity index (χ0n) is 11.6. The molecule has 0 radical (unpaired) electrons. The van der Waals surface area contributed by atoms with E-state index in [9.17, 15) is 14.7 Å². The summed E-state index contributed by atoms with van der Waals surface area (Å²) in [5.74, 6) is -1.66. The first-order valence-electron chi connectivity index (χ1n) is 6.52. The van der Waals surface area contributed by atoms with Crippen molar-refractivity contribution in [3.8, 4) is 0 Å². The first kappa shape index (κ1) is 19.7. The molecule has 9 heteroatoms. The summed E-state index contributed by atoms with van der Waals surface area (Å²) in [6.45, 7) is -1.52. The molecule has 0 saturated carbocycles. The molecule has 9 nitrogen and oxygen atoms in total. The van der Waals surface area contributed by atoms with Crippen LogP contribution in [0.5, 0.6) is 0 Å². The van der Waals surface area contributed by atoms with Crippen LogP contribution in [0.2, 0.25) is 0 Å². The van der Waals surface area contributed by atoms with Crippen LogP contribution in [0.15, 0.2) is 0 Å². The van der Waals surface area contributed by atoms with E-state index in [1.165, 1.54) is 0 Å². The molecule has 0 aromatic heterocycles. The van der Waals surface area contributed by atoms with Gasteiger partial charge in [0, 0.05) is 0 Å². The number of aliphatic hydroxyl groups is 4. The topological polar surface area (TPSA) is 143 Å². The summed E-state index contributed by atoms with van der Waals surface area (Å²) >= 11 is 0. The molecule has 2 atom stereocenters. The van der Waals surface area contributed by atoms with E-state index in [1.807, 2.05) is 0 Å². The second-order valence-corrected chi connectivity index (χ2v) is 3.96. The molecule has 0 fully saturated rings. The molecule has 21 heavy (non-hydrogen) atoms. The van der Waals surface area contributed by atoms with Gasteiger partial charge in [0.2, 0.25) is 0 Å². The smallest absolute Gasteiger partial charge is 0.335 e. The summed E-state index contributed by atoms with van der Waals surface area (Å²) in [5.41, 5.74) is 0. The molecule has 0 unspecified atom stereocenters. The third kappa shape index (κ3) is 9.32. The predicted molar refractivity (Wildman–Crippen MR) is 68.2 cm³/mol. The van der Waals surface area contributed by atoms with Crippen molar-refractivity contribution in [1.82, 2.24) is 0 Å². The van der Waals surface area contributed by atoms with E-state index in [-0.39, 0.29) is 52.5 Å². The summed E-state index contributed by atoms with van der Waals surface area (Å²) in [4.78, 5) is 22.8. The average Bonchev–Trinajstić information content (AvgIpc) is 2.49. The van der Waals surface area contributed by atoms with E-state index < -0.39 is 24.1 Å². The zero-order valence-corrected chi connectivity index (χ0v) is 11.6. The van der Waals surface area contributed by atoms with Gasteiger partial charge in [-0.15, -0.1) is 0 Å². The molecule has 0 aliphatic heterocycles. The number of ether oxygens (including phenoxy) is 3. The van der Waals surface area contributed by atoms with Crippen molar-refractivity contribution in [3.05, 3.63) is 0 Å². The summed E-state index contributed by atoms with van der Waals surface area (Å²) < 4.78 is 14.3. The highest BCUT2D eigenvalue weighted by Crippen LogP contribution is 2.09. The van der Waals surface area contributed by atoms with E-state index in [1.54, 1.807) is 0 Å². The van der Waals surface area contributed by atoms with Crippen LogP contribution in [0.1, 0.15) is 12.8 Å². The van der Waals surface area contributed by atoms with Crippen molar-refractivity contribution in [2.45, 2.75) is 25.0 Å². The Labute approximate surface area is 122 Å². The molecule has 124 valence electrons. The fraction of sp³-hybridized carbons (Fsp3) is 0.833. The minimum atomic E-state index is -1.46. The van der Waals surface area contributed by atoms with Crippen LogP contribution in [0, 0.1) is 0 Å². The number of carbonyl (C=O) groups excluding carboxylic acids is 2. The van der Waals surface area contributed by atoms with Crippen LogP contribution in [-0.4, -0.2) is 84.2 Å². The largest absolute Gasteiger partial charge is 0.461 e. The standard InChI is InChI=1S/C12H22O9/c13-3-6-19-10(12(18)21-8-5-15)2-1-9(16)11(17)20-7-4-14/h9-10,13-16H,1-8H2/t9-,10+/m1/s1. The number of hydrogen-bond acceptors (Lipinski definition) is 9. The maximum absolute atomic E-state index is 11.6. The van der Waals surface area contributed by atoms with Gasteiger partial charge in [-0.3, -0.25) is 0 Å². The van der Waals surface area contributed by atoms with Crippen molar-refractivity contribution in [3.63, 3.8) is 0 Å². The van der Waals surface area contributed by atoms with Gasteiger partial charge in [0.15, 0.2) is 12.2 Å². The second-order valence-electron chi connectivity index (χ2n) is 3.96. The summed E-state index contributed by atoms with van der Waals surface area (Å²) in [6, 6.07) is 0. The van der Waals surface area contributed by atoms with Crippen molar-refractivity contribution >= 4 is 11.9 Å². The third-order valence-corrected chi connectivity index (χ3v) is 2.32. The minimum Gasteiger partial charge on any atom is -0.461 e. The Balaban J connectivity index is 4.26. The third-order valence-electron chi connectivity index (χ3n) is 2.32. The Morgan fingerprint density at radius 2 is 1.33 bits per heavy atom. The van der Waals surface area contributed by atoms with Gasteiger partial charge in [-0.05, 0) is 12.8 Å². The number of esters is 2. The normalized spacial score (nSPS) is 13.5. The molecule has 0 aliphatic carbocycles. The number of hydrogen-bond donors (Lipinski definition) is 4. The maximum atomic E-state index is 11.6. The fourth-order valence-corrected chi connectivity index (χ4v) is 1.37. The molecule has 0 heterocycles. The fourth-order valence-electron chi connectivity index (χ4n) is 1.37. The highest BCUT2D eigenvalue weighted by molar-refractivity contribution is 5.76. The lowest BCUT2D eigenvalue weighted by Gasteiger charge is -2.17. The van der Waals surface area contributed by atoms with E-state index in [2.05, 4.69) is 9.47 Å². The first-order valence-corrected chi connectivity index (χ1v) is 6.52. The molecule has 0 aliphatic rings. The van der Waals surface area contributed by atoms with E-state index in [4.69, 9.17) is 20.1 Å². The Morgan fingerprint density at radius 3 is 1.86 bits per heavy atom.